The van der Waals surface area contributed by atoms with E-state index in [1.807, 2.05) is 61.1 Å². The van der Waals surface area contributed by atoms with Crippen molar-refractivity contribution in [3.63, 3.8) is 0 Å². The normalized spacial score (nSPS) is 12.8. The van der Waals surface area contributed by atoms with E-state index in [-0.39, 0.29) is 0 Å². The van der Waals surface area contributed by atoms with E-state index in [0.717, 1.165) is 89.7 Å². The largest absolute Gasteiger partial charge is 0.256 e. The molecule has 0 bridgehead atoms. The van der Waals surface area contributed by atoms with Crippen molar-refractivity contribution in [2.75, 3.05) is 0 Å². The molecule has 0 radical (unpaired) electrons. The Balaban J connectivity index is 1.29. The summed E-state index contributed by atoms with van der Waals surface area (Å²) in [4.78, 5) is 19.9. The molecule has 0 atom stereocenters. The van der Waals surface area contributed by atoms with E-state index in [2.05, 4.69) is 139 Å². The van der Waals surface area contributed by atoms with Gasteiger partial charge >= 0.3 is 0 Å². The van der Waals surface area contributed by atoms with Crippen LogP contribution < -0.4 is 0 Å². The van der Waals surface area contributed by atoms with E-state index in [9.17, 15) is 0 Å². The molecule has 0 aliphatic rings. The quantitative estimate of drug-likeness (QED) is 0.150. The van der Waals surface area contributed by atoms with Crippen LogP contribution in [0.25, 0.3) is 67.1 Å². The van der Waals surface area contributed by atoms with Crippen molar-refractivity contribution in [1.82, 2.24) is 19.9 Å². The molecule has 0 saturated heterocycles. The fourth-order valence-corrected chi connectivity index (χ4v) is 6.56. The van der Waals surface area contributed by atoms with Gasteiger partial charge in [0.25, 0.3) is 0 Å². The Morgan fingerprint density at radius 1 is 0.315 bits per heavy atom. The van der Waals surface area contributed by atoms with E-state index in [4.69, 9.17) is 19.9 Å². The summed E-state index contributed by atoms with van der Waals surface area (Å²) in [6.07, 6.45) is 5.90. The fourth-order valence-electron chi connectivity index (χ4n) is 6.56. The van der Waals surface area contributed by atoms with Crippen molar-refractivity contribution in [3.8, 4) is 33.6 Å². The van der Waals surface area contributed by atoms with E-state index in [1.165, 1.54) is 11.1 Å². The number of aromatic nitrogens is 4. The zero-order chi connectivity index (χ0) is 37.6. The van der Waals surface area contributed by atoms with Crippen LogP contribution in [0, 0.1) is 0 Å². The van der Waals surface area contributed by atoms with Gasteiger partial charge in [0, 0.05) is 35.3 Å². The van der Waals surface area contributed by atoms with Crippen molar-refractivity contribution in [1.29, 1.82) is 0 Å². The molecule has 264 valence electrons. The van der Waals surface area contributed by atoms with Crippen molar-refractivity contribution in [3.05, 3.63) is 192 Å². The van der Waals surface area contributed by atoms with Gasteiger partial charge in [0.15, 0.2) is 0 Å². The van der Waals surface area contributed by atoms with Crippen LogP contribution in [0.15, 0.2) is 158 Å². The predicted octanol–water partition coefficient (Wildman–Crippen LogP) is 13.1. The Hall–Kier alpha value is -6.52. The molecule has 0 saturated carbocycles. The summed E-state index contributed by atoms with van der Waals surface area (Å²) in [5.41, 5.74) is 19.2. The minimum atomic E-state index is 0.920. The lowest BCUT2D eigenvalue weighted by atomic mass is 9.93. The van der Waals surface area contributed by atoms with Crippen LogP contribution in [-0.4, -0.2) is 19.9 Å². The summed E-state index contributed by atoms with van der Waals surface area (Å²) >= 11 is 0. The van der Waals surface area contributed by atoms with E-state index >= 15 is 0 Å². The van der Waals surface area contributed by atoms with Gasteiger partial charge in [0.2, 0.25) is 0 Å². The molecule has 4 heteroatoms. The topological polar surface area (TPSA) is 51.6 Å². The van der Waals surface area contributed by atoms with Crippen molar-refractivity contribution in [2.24, 2.45) is 0 Å². The third-order valence-corrected chi connectivity index (χ3v) is 10.5. The first-order valence-electron chi connectivity index (χ1n) is 18.4. The minimum Gasteiger partial charge on any atom is -0.256 e. The Kier molecular flexibility index (Phi) is 10.6. The molecule has 7 aromatic rings. The van der Waals surface area contributed by atoms with Gasteiger partial charge in [0.1, 0.15) is 0 Å². The van der Waals surface area contributed by atoms with Crippen LogP contribution in [0.2, 0.25) is 0 Å². The average Bonchev–Trinajstić information content (AvgIpc) is 3.25. The molecule has 7 rings (SSSR count). The minimum absolute atomic E-state index is 0.920. The summed E-state index contributed by atoms with van der Waals surface area (Å²) in [6.45, 7) is 13.0. The first-order chi connectivity index (χ1) is 26.3. The summed E-state index contributed by atoms with van der Waals surface area (Å²) in [5.74, 6) is 0. The maximum absolute atomic E-state index is 5.32. The van der Waals surface area contributed by atoms with Gasteiger partial charge in [-0.15, -0.1) is 0 Å². The Morgan fingerprint density at radius 2 is 0.741 bits per heavy atom. The highest BCUT2D eigenvalue weighted by atomic mass is 14.7. The van der Waals surface area contributed by atoms with Gasteiger partial charge < -0.3 is 0 Å². The van der Waals surface area contributed by atoms with Crippen molar-refractivity contribution in [2.45, 2.75) is 41.5 Å². The van der Waals surface area contributed by atoms with E-state index in [1.54, 1.807) is 0 Å². The highest BCUT2D eigenvalue weighted by molar-refractivity contribution is 5.94. The van der Waals surface area contributed by atoms with Crippen LogP contribution in [0.3, 0.4) is 0 Å². The molecule has 0 fully saturated rings. The van der Waals surface area contributed by atoms with Crippen LogP contribution >= 0.6 is 0 Å². The molecular formula is C50H44N4. The zero-order valence-corrected chi connectivity index (χ0v) is 31.8. The van der Waals surface area contributed by atoms with Gasteiger partial charge in [-0.1, -0.05) is 109 Å². The number of rotatable bonds is 9. The zero-order valence-electron chi connectivity index (χ0n) is 31.8. The van der Waals surface area contributed by atoms with Gasteiger partial charge in [0.05, 0.1) is 28.5 Å². The monoisotopic (exact) mass is 700 g/mol. The molecular weight excluding hydrogens is 657 g/mol. The molecule has 0 aliphatic heterocycles. The van der Waals surface area contributed by atoms with E-state index in [0.29, 0.717) is 0 Å². The molecule has 0 amide bonds. The Labute approximate surface area is 319 Å². The predicted molar refractivity (Wildman–Crippen MR) is 228 cm³/mol. The van der Waals surface area contributed by atoms with Gasteiger partial charge in [-0.25, -0.2) is 4.98 Å². The molecule has 3 aromatic carbocycles. The first kappa shape index (κ1) is 35.9. The highest BCUT2D eigenvalue weighted by Crippen LogP contribution is 2.34. The number of allylic oxidation sites excluding steroid dienone is 6. The van der Waals surface area contributed by atoms with Crippen LogP contribution in [0.4, 0.5) is 0 Å². The van der Waals surface area contributed by atoms with Crippen LogP contribution in [0.1, 0.15) is 75.3 Å². The van der Waals surface area contributed by atoms with Gasteiger partial charge in [-0.2, -0.15) is 0 Å². The fraction of sp³-hybridized carbons (Fsp3) is 0.120. The molecule has 0 spiro atoms. The maximum Gasteiger partial charge on any atom is 0.0702 e. The number of nitrogens with zero attached hydrogens (tertiary/aromatic N) is 4. The average molecular weight is 701 g/mol. The Morgan fingerprint density at radius 3 is 1.19 bits per heavy atom. The number of hydrogen-bond donors (Lipinski definition) is 0. The second-order valence-corrected chi connectivity index (χ2v) is 13.8. The van der Waals surface area contributed by atoms with Gasteiger partial charge in [-0.3, -0.25) is 15.0 Å². The molecule has 0 unspecified atom stereocenters. The Bertz CT molecular complexity index is 2180. The standard InChI is InChI=1S/C50H44N4/c1-33(42-22-26-47(52-30-42)40-18-12-8-13-19-40)34(2)45-28-49(36(4)35(3)43-23-27-48(53-31-43)41-20-14-9-15-21-41)54-50(29-45)38(6)37(5)46-25-24-44(32-51-46)39-16-10-7-11-17-39/h7-32H,1-6H3/b34-33-,36-35-,38-37-. The maximum atomic E-state index is 5.32. The molecule has 4 aromatic heterocycles. The third kappa shape index (κ3) is 7.79. The highest BCUT2D eigenvalue weighted by Gasteiger charge is 2.15. The smallest absolute Gasteiger partial charge is 0.0702 e. The van der Waals surface area contributed by atoms with Gasteiger partial charge in [-0.05, 0) is 128 Å². The van der Waals surface area contributed by atoms with Crippen LogP contribution in [-0.2, 0) is 0 Å². The lowest BCUT2D eigenvalue weighted by molar-refractivity contribution is 1.20. The van der Waals surface area contributed by atoms with E-state index < -0.39 is 0 Å². The second-order valence-electron chi connectivity index (χ2n) is 13.8. The second kappa shape index (κ2) is 16.0. The molecule has 54 heavy (non-hydrogen) atoms. The molecule has 4 heterocycles. The van der Waals surface area contributed by atoms with Crippen molar-refractivity contribution < 1.29 is 0 Å². The summed E-state index contributed by atoms with van der Waals surface area (Å²) in [7, 11) is 0. The lowest BCUT2D eigenvalue weighted by Crippen LogP contribution is -2.00. The first-order valence-corrected chi connectivity index (χ1v) is 18.4. The van der Waals surface area contributed by atoms with Crippen molar-refractivity contribution >= 4 is 33.4 Å². The number of hydrogen-bond acceptors (Lipinski definition) is 4. The molecule has 4 nitrogen and oxygen atoms in total. The number of benzene rings is 3. The lowest BCUT2D eigenvalue weighted by Gasteiger charge is -2.16. The summed E-state index contributed by atoms with van der Waals surface area (Å²) in [5, 5.41) is 0. The molecule has 0 aliphatic carbocycles. The van der Waals surface area contributed by atoms with Crippen LogP contribution in [0.5, 0.6) is 0 Å². The summed E-state index contributed by atoms with van der Waals surface area (Å²) in [6, 6.07) is 48.1. The SMILES string of the molecule is C/C(=C(\C)c1cc(/C(C)=C(/C)c2ccc(-c3ccccc3)nc2)nc(/C(C)=C(/C)c2ccc(-c3ccccc3)cn2)c1)c1ccc(-c2ccccc2)nc1. The molecule has 0 N–H and O–H groups in total. The summed E-state index contributed by atoms with van der Waals surface area (Å²) < 4.78 is 0. The third-order valence-electron chi connectivity index (χ3n) is 10.5. The number of pyridine rings is 4.